The van der Waals surface area contributed by atoms with Crippen LogP contribution in [0.1, 0.15) is 25.0 Å². The number of halogens is 1. The molecule has 0 fully saturated rings. The van der Waals surface area contributed by atoms with Crippen LogP contribution in [-0.2, 0) is 6.54 Å². The van der Waals surface area contributed by atoms with E-state index in [9.17, 15) is 4.39 Å². The smallest absolute Gasteiger partial charge is 0.127 e. The summed E-state index contributed by atoms with van der Waals surface area (Å²) in [4.78, 5) is 4.67. The molecule has 112 valence electrons. The van der Waals surface area contributed by atoms with Gasteiger partial charge in [-0.1, -0.05) is 19.1 Å². The van der Waals surface area contributed by atoms with Gasteiger partial charge in [0.1, 0.15) is 10.8 Å². The van der Waals surface area contributed by atoms with Crippen molar-refractivity contribution in [3.63, 3.8) is 0 Å². The van der Waals surface area contributed by atoms with Crippen LogP contribution in [0.4, 0.5) is 4.39 Å². The highest BCUT2D eigenvalue weighted by molar-refractivity contribution is 7.80. The number of hydrogen-bond donors (Lipinski definition) is 1. The van der Waals surface area contributed by atoms with Crippen LogP contribution in [0, 0.1) is 5.82 Å². The van der Waals surface area contributed by atoms with Crippen molar-refractivity contribution in [2.45, 2.75) is 26.4 Å². The fourth-order valence-corrected chi connectivity index (χ4v) is 2.42. The summed E-state index contributed by atoms with van der Waals surface area (Å²) < 4.78 is 13.9. The maximum atomic E-state index is 13.9. The van der Waals surface area contributed by atoms with E-state index in [-0.39, 0.29) is 5.82 Å². The number of nitrogens with zero attached hydrogens (tertiary/aromatic N) is 2. The van der Waals surface area contributed by atoms with Crippen molar-refractivity contribution in [1.82, 2.24) is 9.80 Å². The molecule has 0 amide bonds. The van der Waals surface area contributed by atoms with E-state index in [1.54, 1.807) is 12.1 Å². The van der Waals surface area contributed by atoms with E-state index in [4.69, 9.17) is 18.0 Å². The largest absolute Gasteiger partial charge is 0.389 e. The minimum atomic E-state index is -0.208. The highest BCUT2D eigenvalue weighted by Gasteiger charge is 2.15. The lowest BCUT2D eigenvalue weighted by molar-refractivity contribution is 0.172. The molecule has 1 aromatic carbocycles. The standard InChI is InChI=1S/C15H24FN3S/c1-5-19(11(2)9-18(3)4)10-13-8-12(15(17)20)6-7-14(13)16/h6-8,11H,5,9-10H2,1-4H3,(H2,17,20). The predicted octanol–water partition coefficient (Wildman–Crippen LogP) is 2.23. The monoisotopic (exact) mass is 297 g/mol. The summed E-state index contributed by atoms with van der Waals surface area (Å²) in [6.07, 6.45) is 0. The van der Waals surface area contributed by atoms with Crippen molar-refractivity contribution in [2.24, 2.45) is 5.73 Å². The first-order valence-corrected chi connectivity index (χ1v) is 7.23. The second kappa shape index (κ2) is 7.67. The van der Waals surface area contributed by atoms with Crippen molar-refractivity contribution in [3.8, 4) is 0 Å². The van der Waals surface area contributed by atoms with Crippen LogP contribution in [0.25, 0.3) is 0 Å². The van der Waals surface area contributed by atoms with Gasteiger partial charge in [0.15, 0.2) is 0 Å². The Kier molecular flexibility index (Phi) is 6.52. The molecule has 2 N–H and O–H groups in total. The topological polar surface area (TPSA) is 32.5 Å². The summed E-state index contributed by atoms with van der Waals surface area (Å²) in [5.41, 5.74) is 6.97. The molecular weight excluding hydrogens is 273 g/mol. The lowest BCUT2D eigenvalue weighted by atomic mass is 10.1. The average molecular weight is 297 g/mol. The Morgan fingerprint density at radius 2 is 2.05 bits per heavy atom. The van der Waals surface area contributed by atoms with Crippen LogP contribution in [0.2, 0.25) is 0 Å². The zero-order chi connectivity index (χ0) is 15.3. The molecule has 1 rings (SSSR count). The number of likely N-dealkylation sites (N-methyl/N-ethyl adjacent to an activating group) is 2. The lowest BCUT2D eigenvalue weighted by Gasteiger charge is -2.30. The molecule has 3 nitrogen and oxygen atoms in total. The second-order valence-electron chi connectivity index (χ2n) is 5.34. The minimum absolute atomic E-state index is 0.208. The van der Waals surface area contributed by atoms with Crippen LogP contribution in [-0.4, -0.2) is 48.0 Å². The molecule has 1 aromatic rings. The quantitative estimate of drug-likeness (QED) is 0.782. The first kappa shape index (κ1) is 17.0. The number of thiocarbonyl (C=S) groups is 1. The molecule has 0 heterocycles. The molecule has 0 saturated heterocycles. The van der Waals surface area contributed by atoms with Gasteiger partial charge >= 0.3 is 0 Å². The highest BCUT2D eigenvalue weighted by Crippen LogP contribution is 2.15. The Morgan fingerprint density at radius 1 is 1.40 bits per heavy atom. The van der Waals surface area contributed by atoms with Gasteiger partial charge in [-0.05, 0) is 45.8 Å². The summed E-state index contributed by atoms with van der Waals surface area (Å²) >= 11 is 4.95. The summed E-state index contributed by atoms with van der Waals surface area (Å²) in [6, 6.07) is 5.17. The van der Waals surface area contributed by atoms with E-state index in [0.717, 1.165) is 13.1 Å². The van der Waals surface area contributed by atoms with E-state index in [1.165, 1.54) is 6.07 Å². The lowest BCUT2D eigenvalue weighted by Crippen LogP contribution is -2.39. The minimum Gasteiger partial charge on any atom is -0.389 e. The molecular formula is C15H24FN3S. The molecule has 0 radical (unpaired) electrons. The summed E-state index contributed by atoms with van der Waals surface area (Å²) in [6.45, 7) is 6.60. The Bertz CT molecular complexity index is 462. The molecule has 0 spiro atoms. The van der Waals surface area contributed by atoms with E-state index >= 15 is 0 Å². The molecule has 0 aromatic heterocycles. The normalized spacial score (nSPS) is 12.9. The summed E-state index contributed by atoms with van der Waals surface area (Å²) in [5.74, 6) is -0.208. The highest BCUT2D eigenvalue weighted by atomic mass is 32.1. The zero-order valence-electron chi connectivity index (χ0n) is 12.7. The molecule has 0 saturated carbocycles. The van der Waals surface area contributed by atoms with Crippen LogP contribution in [0.15, 0.2) is 18.2 Å². The van der Waals surface area contributed by atoms with Gasteiger partial charge in [0.2, 0.25) is 0 Å². The molecule has 0 aliphatic heterocycles. The molecule has 1 atom stereocenters. The van der Waals surface area contributed by atoms with E-state index < -0.39 is 0 Å². The fraction of sp³-hybridized carbons (Fsp3) is 0.533. The maximum absolute atomic E-state index is 13.9. The van der Waals surface area contributed by atoms with Crippen LogP contribution < -0.4 is 5.73 Å². The molecule has 5 heteroatoms. The zero-order valence-corrected chi connectivity index (χ0v) is 13.5. The number of benzene rings is 1. The number of rotatable bonds is 7. The van der Waals surface area contributed by atoms with E-state index in [0.29, 0.717) is 28.7 Å². The van der Waals surface area contributed by atoms with Crippen LogP contribution >= 0.6 is 12.2 Å². The molecule has 0 aliphatic rings. The van der Waals surface area contributed by atoms with Crippen LogP contribution in [0.3, 0.4) is 0 Å². The Balaban J connectivity index is 2.89. The van der Waals surface area contributed by atoms with Crippen molar-refractivity contribution in [3.05, 3.63) is 35.1 Å². The van der Waals surface area contributed by atoms with Crippen molar-refractivity contribution < 1.29 is 4.39 Å². The SMILES string of the molecule is CCN(Cc1cc(C(N)=S)ccc1F)C(C)CN(C)C. The third kappa shape index (κ3) is 4.81. The van der Waals surface area contributed by atoms with Gasteiger partial charge in [-0.3, -0.25) is 4.90 Å². The Labute approximate surface area is 126 Å². The fourth-order valence-electron chi connectivity index (χ4n) is 2.29. The average Bonchev–Trinajstić information content (AvgIpc) is 2.36. The molecule has 0 aliphatic carbocycles. The first-order valence-electron chi connectivity index (χ1n) is 6.82. The Morgan fingerprint density at radius 3 is 2.55 bits per heavy atom. The van der Waals surface area contributed by atoms with Gasteiger partial charge in [-0.15, -0.1) is 0 Å². The second-order valence-corrected chi connectivity index (χ2v) is 5.78. The predicted molar refractivity (Wildman–Crippen MR) is 86.4 cm³/mol. The van der Waals surface area contributed by atoms with E-state index in [1.807, 2.05) is 14.1 Å². The van der Waals surface area contributed by atoms with Gasteiger partial charge in [0.25, 0.3) is 0 Å². The molecule has 0 bridgehead atoms. The number of nitrogens with two attached hydrogens (primary N) is 1. The van der Waals surface area contributed by atoms with Gasteiger partial charge in [0.05, 0.1) is 0 Å². The summed E-state index contributed by atoms with van der Waals surface area (Å²) in [5, 5.41) is 0. The molecule has 20 heavy (non-hydrogen) atoms. The van der Waals surface area contributed by atoms with Crippen molar-refractivity contribution in [1.29, 1.82) is 0 Å². The maximum Gasteiger partial charge on any atom is 0.127 e. The summed E-state index contributed by atoms with van der Waals surface area (Å²) in [7, 11) is 4.08. The Hall–Kier alpha value is -1.04. The van der Waals surface area contributed by atoms with Gasteiger partial charge < -0.3 is 10.6 Å². The van der Waals surface area contributed by atoms with Gasteiger partial charge in [-0.2, -0.15) is 0 Å². The molecule has 1 unspecified atom stereocenters. The first-order chi connectivity index (χ1) is 9.35. The van der Waals surface area contributed by atoms with Gasteiger partial charge in [0, 0.05) is 30.3 Å². The van der Waals surface area contributed by atoms with Crippen molar-refractivity contribution >= 4 is 17.2 Å². The number of hydrogen-bond acceptors (Lipinski definition) is 3. The third-order valence-corrected chi connectivity index (χ3v) is 3.60. The van der Waals surface area contributed by atoms with Crippen molar-refractivity contribution in [2.75, 3.05) is 27.2 Å². The third-order valence-electron chi connectivity index (χ3n) is 3.36. The van der Waals surface area contributed by atoms with E-state index in [2.05, 4.69) is 23.6 Å². The van der Waals surface area contributed by atoms with Crippen LogP contribution in [0.5, 0.6) is 0 Å². The van der Waals surface area contributed by atoms with Gasteiger partial charge in [-0.25, -0.2) is 4.39 Å².